The van der Waals surface area contributed by atoms with Gasteiger partial charge < -0.3 is 9.47 Å². The van der Waals surface area contributed by atoms with Gasteiger partial charge in [0.05, 0.1) is 12.0 Å². The fraction of sp³-hybridized carbons (Fsp3) is 0.500. The summed E-state index contributed by atoms with van der Waals surface area (Å²) in [5, 5.41) is 11.0. The first-order chi connectivity index (χ1) is 11.6. The summed E-state index contributed by atoms with van der Waals surface area (Å²) < 4.78 is 106. The summed E-state index contributed by atoms with van der Waals surface area (Å²) in [4.78, 5) is 0. The number of hydrogen-bond donors (Lipinski definition) is 1. The summed E-state index contributed by atoms with van der Waals surface area (Å²) in [6, 6.07) is 0.930. The van der Waals surface area contributed by atoms with E-state index < -0.39 is 71.2 Å². The van der Waals surface area contributed by atoms with Crippen molar-refractivity contribution in [2.45, 2.75) is 43.7 Å². The Morgan fingerprint density at radius 2 is 1.48 bits per heavy atom. The Labute approximate surface area is 136 Å². The quantitative estimate of drug-likeness (QED) is 0.469. The van der Waals surface area contributed by atoms with Crippen molar-refractivity contribution in [2.75, 3.05) is 0 Å². The molecule has 1 N–H and O–H groups in total. The standard InChI is InChI=1S/C14H9F7N2O2/c1-3-5(11(14(19,20)21)25-13-12(23-13)24-3)6-9(17)7(15)4(2-22)8(16)10(6)18/h3,5,11-13,23H,1H3. The van der Waals surface area contributed by atoms with Gasteiger partial charge in [-0.05, 0) is 6.92 Å². The van der Waals surface area contributed by atoms with Crippen molar-refractivity contribution in [3.8, 4) is 6.07 Å². The highest BCUT2D eigenvalue weighted by Crippen LogP contribution is 2.45. The van der Waals surface area contributed by atoms with Crippen molar-refractivity contribution in [2.24, 2.45) is 0 Å². The molecule has 4 nitrogen and oxygen atoms in total. The van der Waals surface area contributed by atoms with Gasteiger partial charge in [-0.2, -0.15) is 18.4 Å². The molecule has 5 unspecified atom stereocenters. The van der Waals surface area contributed by atoms with Crippen LogP contribution in [0.2, 0.25) is 0 Å². The maximum Gasteiger partial charge on any atom is 0.415 e. The number of halogens is 7. The molecule has 3 rings (SSSR count). The number of fused-ring (bicyclic) bond motifs is 1. The number of hydrogen-bond acceptors (Lipinski definition) is 4. The van der Waals surface area contributed by atoms with Crippen molar-refractivity contribution >= 4 is 0 Å². The van der Waals surface area contributed by atoms with E-state index in [1.807, 2.05) is 0 Å². The molecule has 0 spiro atoms. The van der Waals surface area contributed by atoms with E-state index in [4.69, 9.17) is 14.7 Å². The maximum absolute atomic E-state index is 14.2. The molecule has 2 fully saturated rings. The maximum atomic E-state index is 14.2. The van der Waals surface area contributed by atoms with E-state index in [-0.39, 0.29) is 0 Å². The van der Waals surface area contributed by atoms with Crippen LogP contribution in [0.25, 0.3) is 0 Å². The monoisotopic (exact) mass is 370 g/mol. The van der Waals surface area contributed by atoms with Gasteiger partial charge in [-0.3, -0.25) is 5.32 Å². The molecule has 2 aliphatic heterocycles. The number of benzene rings is 1. The number of alkyl halides is 3. The Hall–Kier alpha value is -1.90. The molecule has 2 heterocycles. The van der Waals surface area contributed by atoms with Gasteiger partial charge in [-0.1, -0.05) is 0 Å². The number of nitrogens with zero attached hydrogens (tertiary/aromatic N) is 1. The van der Waals surface area contributed by atoms with E-state index in [1.165, 1.54) is 0 Å². The number of rotatable bonds is 1. The van der Waals surface area contributed by atoms with Gasteiger partial charge in [0.15, 0.2) is 41.8 Å². The van der Waals surface area contributed by atoms with Crippen molar-refractivity contribution in [1.29, 1.82) is 5.26 Å². The molecule has 1 aromatic rings. The van der Waals surface area contributed by atoms with Gasteiger partial charge in [-0.25, -0.2) is 17.6 Å². The molecule has 2 aliphatic rings. The van der Waals surface area contributed by atoms with Crippen LogP contribution in [0.4, 0.5) is 30.7 Å². The highest BCUT2D eigenvalue weighted by Gasteiger charge is 2.58. The van der Waals surface area contributed by atoms with Gasteiger partial charge >= 0.3 is 6.18 Å². The van der Waals surface area contributed by atoms with Gasteiger partial charge in [0.2, 0.25) is 0 Å². The summed E-state index contributed by atoms with van der Waals surface area (Å²) >= 11 is 0. The normalized spacial score (nSPS) is 31.9. The fourth-order valence-electron chi connectivity index (χ4n) is 2.84. The van der Waals surface area contributed by atoms with Crippen LogP contribution in [-0.2, 0) is 9.47 Å². The molecule has 0 saturated carbocycles. The van der Waals surface area contributed by atoms with Gasteiger partial charge in [0.25, 0.3) is 0 Å². The van der Waals surface area contributed by atoms with E-state index >= 15 is 0 Å². The Bertz CT molecular complexity index is 732. The second kappa shape index (κ2) is 5.82. The predicted octanol–water partition coefficient (Wildman–Crippen LogP) is 2.82. The first-order valence-electron chi connectivity index (χ1n) is 6.97. The van der Waals surface area contributed by atoms with E-state index in [9.17, 15) is 30.7 Å². The zero-order chi connectivity index (χ0) is 18.7. The van der Waals surface area contributed by atoms with Crippen LogP contribution in [0.15, 0.2) is 0 Å². The van der Waals surface area contributed by atoms with Crippen LogP contribution in [-0.4, -0.2) is 30.8 Å². The number of nitriles is 1. The summed E-state index contributed by atoms with van der Waals surface area (Å²) in [6.45, 7) is 1.07. The Morgan fingerprint density at radius 1 is 0.960 bits per heavy atom. The van der Waals surface area contributed by atoms with Crippen molar-refractivity contribution < 1.29 is 40.2 Å². The van der Waals surface area contributed by atoms with Crippen LogP contribution in [0.1, 0.15) is 24.0 Å². The first kappa shape index (κ1) is 17.9. The summed E-state index contributed by atoms with van der Waals surface area (Å²) in [5.41, 5.74) is -3.07. The van der Waals surface area contributed by atoms with Gasteiger partial charge in [0, 0.05) is 5.56 Å². The first-order valence-corrected chi connectivity index (χ1v) is 6.97. The summed E-state index contributed by atoms with van der Waals surface area (Å²) in [7, 11) is 0. The van der Waals surface area contributed by atoms with Crippen LogP contribution < -0.4 is 5.32 Å². The van der Waals surface area contributed by atoms with E-state index in [1.54, 1.807) is 0 Å². The summed E-state index contributed by atoms with van der Waals surface area (Å²) in [5.74, 6) is -10.5. The molecule has 1 aromatic carbocycles. The lowest BCUT2D eigenvalue weighted by atomic mass is 9.86. The van der Waals surface area contributed by atoms with E-state index in [2.05, 4.69) is 5.32 Å². The molecule has 0 aliphatic carbocycles. The average molecular weight is 370 g/mol. The van der Waals surface area contributed by atoms with E-state index in [0.29, 0.717) is 0 Å². The second-order valence-electron chi connectivity index (χ2n) is 5.63. The molecule has 2 saturated heterocycles. The average Bonchev–Trinajstić information content (AvgIpc) is 3.25. The minimum Gasteiger partial charge on any atom is -0.355 e. The van der Waals surface area contributed by atoms with Crippen molar-refractivity contribution in [3.63, 3.8) is 0 Å². The highest BCUT2D eigenvalue weighted by atomic mass is 19.4. The molecular formula is C14H9F7N2O2. The topological polar surface area (TPSA) is 64.2 Å². The number of nitrogens with one attached hydrogen (secondary N) is 1. The smallest absolute Gasteiger partial charge is 0.355 e. The van der Waals surface area contributed by atoms with Gasteiger partial charge in [0.1, 0.15) is 11.6 Å². The molecular weight excluding hydrogens is 361 g/mol. The lowest BCUT2D eigenvalue weighted by molar-refractivity contribution is -0.232. The third-order valence-electron chi connectivity index (χ3n) is 4.05. The zero-order valence-corrected chi connectivity index (χ0v) is 12.3. The predicted molar refractivity (Wildman–Crippen MR) is 65.9 cm³/mol. The Kier molecular flexibility index (Phi) is 4.17. The largest absolute Gasteiger partial charge is 0.415 e. The minimum absolute atomic E-state index is 0.927. The Balaban J connectivity index is 2.20. The lowest BCUT2D eigenvalue weighted by Crippen LogP contribution is -2.43. The lowest BCUT2D eigenvalue weighted by Gasteiger charge is -2.31. The molecule has 0 aromatic heterocycles. The van der Waals surface area contributed by atoms with Crippen LogP contribution >= 0.6 is 0 Å². The van der Waals surface area contributed by atoms with Crippen LogP contribution in [0.5, 0.6) is 0 Å². The van der Waals surface area contributed by atoms with Crippen molar-refractivity contribution in [3.05, 3.63) is 34.4 Å². The second-order valence-corrected chi connectivity index (χ2v) is 5.63. The zero-order valence-electron chi connectivity index (χ0n) is 12.3. The summed E-state index contributed by atoms with van der Waals surface area (Å²) in [6.07, 6.45) is -11.4. The molecule has 136 valence electrons. The van der Waals surface area contributed by atoms with Crippen LogP contribution in [0.3, 0.4) is 0 Å². The van der Waals surface area contributed by atoms with E-state index in [0.717, 1.165) is 13.0 Å². The van der Waals surface area contributed by atoms with Crippen molar-refractivity contribution in [1.82, 2.24) is 5.32 Å². The molecule has 0 radical (unpaired) electrons. The Morgan fingerprint density at radius 3 is 1.96 bits per heavy atom. The fourth-order valence-corrected chi connectivity index (χ4v) is 2.84. The molecule has 25 heavy (non-hydrogen) atoms. The minimum atomic E-state index is -5.10. The van der Waals surface area contributed by atoms with Gasteiger partial charge in [-0.15, -0.1) is 0 Å². The molecule has 0 amide bonds. The highest BCUT2D eigenvalue weighted by molar-refractivity contribution is 5.40. The molecule has 5 atom stereocenters. The number of ether oxygens (including phenoxy) is 2. The third kappa shape index (κ3) is 2.84. The SMILES string of the molecule is CC1OC2NC2OC(C(F)(F)F)C1c1c(F)c(F)c(C#N)c(F)c1F. The molecule has 0 bridgehead atoms. The third-order valence-corrected chi connectivity index (χ3v) is 4.05. The van der Waals surface area contributed by atoms with Crippen LogP contribution in [0, 0.1) is 34.6 Å². The molecule has 11 heteroatoms.